The van der Waals surface area contributed by atoms with Crippen LogP contribution in [0.1, 0.15) is 75.0 Å². The molecule has 0 aliphatic carbocycles. The molecule has 0 aromatic heterocycles. The summed E-state index contributed by atoms with van der Waals surface area (Å²) in [6, 6.07) is 13.6. The van der Waals surface area contributed by atoms with Gasteiger partial charge in [0.1, 0.15) is 0 Å². The van der Waals surface area contributed by atoms with Crippen LogP contribution in [0.3, 0.4) is 0 Å². The second-order valence-corrected chi connectivity index (χ2v) is 12.0. The number of anilines is 1. The normalized spacial score (nSPS) is 21.0. The Kier molecular flexibility index (Phi) is 8.82. The van der Waals surface area contributed by atoms with Gasteiger partial charge >= 0.3 is 0 Å². The van der Waals surface area contributed by atoms with Gasteiger partial charge in [-0.15, -0.1) is 0 Å². The summed E-state index contributed by atoms with van der Waals surface area (Å²) in [6.45, 7) is 4.71. The highest BCUT2D eigenvalue weighted by Gasteiger charge is 2.49. The van der Waals surface area contributed by atoms with Crippen LogP contribution in [0.25, 0.3) is 0 Å². The number of ether oxygens (including phenoxy) is 1. The van der Waals surface area contributed by atoms with Crippen LogP contribution in [0.5, 0.6) is 0 Å². The van der Waals surface area contributed by atoms with Crippen LogP contribution in [0, 0.1) is 5.41 Å². The Bertz CT molecular complexity index is 1060. The molecule has 188 valence electrons. The molecular formula is C28H41NO4S. The van der Waals surface area contributed by atoms with Crippen molar-refractivity contribution in [3.63, 3.8) is 0 Å². The lowest BCUT2D eigenvalue weighted by Crippen LogP contribution is -2.43. The largest absolute Gasteiger partial charge is 0.392 e. The summed E-state index contributed by atoms with van der Waals surface area (Å²) >= 11 is 0. The first-order valence-electron chi connectivity index (χ1n) is 12.5. The summed E-state index contributed by atoms with van der Waals surface area (Å²) in [4.78, 5) is 2.33. The molecule has 2 aromatic carbocycles. The lowest BCUT2D eigenvalue weighted by atomic mass is 9.68. The molecule has 0 bridgehead atoms. The summed E-state index contributed by atoms with van der Waals surface area (Å²) in [6.07, 6.45) is 4.31. The van der Waals surface area contributed by atoms with Gasteiger partial charge in [0.2, 0.25) is 0 Å². The fraction of sp³-hybridized carbons (Fsp3) is 0.571. The SMILES string of the molecule is CCCCC1(CCCC)CS(=O)(=O)c2ccc(N(C)C)cc2[C@@H](c2cccc(COC)c2)C1O. The molecule has 34 heavy (non-hydrogen) atoms. The standard InChI is InChI=1S/C28H41NO4S/c1-6-8-15-28(16-9-7-2)20-34(31,32)25-14-13-23(29(3)4)18-24(25)26(27(28)30)22-12-10-11-21(17-22)19-33-5/h10-14,17-18,26-27,30H,6-9,15-16,19-20H2,1-5H3/t26-,27?/m1/s1. The van der Waals surface area contributed by atoms with Crippen LogP contribution in [0.4, 0.5) is 5.69 Å². The molecule has 2 aromatic rings. The van der Waals surface area contributed by atoms with Crippen LogP contribution < -0.4 is 4.90 Å². The molecule has 0 radical (unpaired) electrons. The van der Waals surface area contributed by atoms with Crippen LogP contribution >= 0.6 is 0 Å². The molecule has 0 fully saturated rings. The third-order valence-corrected chi connectivity index (χ3v) is 9.27. The van der Waals surface area contributed by atoms with Crippen LogP contribution in [0.2, 0.25) is 0 Å². The van der Waals surface area contributed by atoms with Crippen molar-refractivity contribution >= 4 is 15.5 Å². The Morgan fingerprint density at radius 3 is 2.32 bits per heavy atom. The van der Waals surface area contributed by atoms with Crippen molar-refractivity contribution in [1.29, 1.82) is 0 Å². The number of fused-ring (bicyclic) bond motifs is 1. The van der Waals surface area contributed by atoms with Crippen molar-refractivity contribution in [3.05, 3.63) is 59.2 Å². The molecule has 1 aliphatic rings. The maximum atomic E-state index is 13.9. The van der Waals surface area contributed by atoms with Gasteiger partial charge in [0.15, 0.2) is 9.84 Å². The van der Waals surface area contributed by atoms with Gasteiger partial charge < -0.3 is 14.7 Å². The Labute approximate surface area is 206 Å². The van der Waals surface area contributed by atoms with Crippen molar-refractivity contribution in [2.45, 2.75) is 75.9 Å². The summed E-state index contributed by atoms with van der Waals surface area (Å²) in [5, 5.41) is 12.2. The number of rotatable bonds is 10. The highest BCUT2D eigenvalue weighted by Crippen LogP contribution is 2.50. The number of hydrogen-bond donors (Lipinski definition) is 1. The number of benzene rings is 2. The van der Waals surface area contributed by atoms with Gasteiger partial charge in [-0.3, -0.25) is 0 Å². The molecule has 0 saturated carbocycles. The Morgan fingerprint density at radius 1 is 1.06 bits per heavy atom. The van der Waals surface area contributed by atoms with E-state index in [4.69, 9.17) is 4.74 Å². The van der Waals surface area contributed by atoms with E-state index in [0.717, 1.165) is 42.5 Å². The molecular weight excluding hydrogens is 446 g/mol. The zero-order chi connectivity index (χ0) is 24.9. The van der Waals surface area contributed by atoms with Crippen LogP contribution in [0.15, 0.2) is 47.4 Å². The summed E-state index contributed by atoms with van der Waals surface area (Å²) in [7, 11) is 1.98. The molecule has 2 atom stereocenters. The van der Waals surface area contributed by atoms with Gasteiger partial charge in [0.05, 0.1) is 23.4 Å². The predicted molar refractivity (Wildman–Crippen MR) is 139 cm³/mol. The van der Waals surface area contributed by atoms with Gasteiger partial charge in [-0.2, -0.15) is 0 Å². The number of unbranched alkanes of at least 4 members (excludes halogenated alkanes) is 2. The number of sulfone groups is 1. The third-order valence-electron chi connectivity index (χ3n) is 7.28. The molecule has 1 N–H and O–H groups in total. The summed E-state index contributed by atoms with van der Waals surface area (Å²) < 4.78 is 33.1. The zero-order valence-electron chi connectivity index (χ0n) is 21.4. The maximum absolute atomic E-state index is 13.9. The zero-order valence-corrected chi connectivity index (χ0v) is 22.2. The van der Waals surface area contributed by atoms with E-state index in [1.165, 1.54) is 0 Å². The first-order valence-corrected chi connectivity index (χ1v) is 14.1. The topological polar surface area (TPSA) is 66.8 Å². The molecule has 5 nitrogen and oxygen atoms in total. The maximum Gasteiger partial charge on any atom is 0.179 e. The highest BCUT2D eigenvalue weighted by molar-refractivity contribution is 7.91. The second-order valence-electron chi connectivity index (χ2n) is 10.0. The lowest BCUT2D eigenvalue weighted by Gasteiger charge is -2.40. The molecule has 0 amide bonds. The fourth-order valence-corrected chi connectivity index (χ4v) is 7.63. The first kappa shape index (κ1) is 26.7. The lowest BCUT2D eigenvalue weighted by molar-refractivity contribution is 0.0127. The number of aliphatic hydroxyl groups excluding tert-OH is 1. The molecule has 6 heteroatoms. The van der Waals surface area contributed by atoms with E-state index < -0.39 is 27.3 Å². The van der Waals surface area contributed by atoms with E-state index in [1.54, 1.807) is 13.2 Å². The summed E-state index contributed by atoms with van der Waals surface area (Å²) in [5.41, 5.74) is 2.88. The van der Waals surface area contributed by atoms with Gasteiger partial charge in [0.25, 0.3) is 0 Å². The Hall–Kier alpha value is -1.89. The number of nitrogens with zero attached hydrogens (tertiary/aromatic N) is 1. The predicted octanol–water partition coefficient (Wildman–Crippen LogP) is 5.55. The fourth-order valence-electron chi connectivity index (χ4n) is 5.43. The van der Waals surface area contributed by atoms with Crippen molar-refractivity contribution in [1.82, 2.24) is 0 Å². The van der Waals surface area contributed by atoms with E-state index in [9.17, 15) is 13.5 Å². The van der Waals surface area contributed by atoms with E-state index in [1.807, 2.05) is 49.3 Å². The van der Waals surface area contributed by atoms with Gasteiger partial charge in [-0.1, -0.05) is 63.8 Å². The number of hydrogen-bond acceptors (Lipinski definition) is 5. The number of methoxy groups -OCH3 is 1. The van der Waals surface area contributed by atoms with Crippen molar-refractivity contribution in [3.8, 4) is 0 Å². The Morgan fingerprint density at radius 2 is 1.74 bits per heavy atom. The molecule has 0 saturated heterocycles. The van der Waals surface area contributed by atoms with Crippen LogP contribution in [-0.2, 0) is 21.2 Å². The monoisotopic (exact) mass is 487 g/mol. The molecule has 1 unspecified atom stereocenters. The minimum Gasteiger partial charge on any atom is -0.392 e. The van der Waals surface area contributed by atoms with E-state index in [0.29, 0.717) is 29.9 Å². The average Bonchev–Trinajstić information content (AvgIpc) is 2.87. The molecule has 1 heterocycles. The third kappa shape index (κ3) is 5.50. The van der Waals surface area contributed by atoms with E-state index in [2.05, 4.69) is 19.9 Å². The second kappa shape index (κ2) is 11.2. The average molecular weight is 488 g/mol. The van der Waals surface area contributed by atoms with Crippen LogP contribution in [-0.4, -0.2) is 46.6 Å². The van der Waals surface area contributed by atoms with E-state index >= 15 is 0 Å². The summed E-state index contributed by atoms with van der Waals surface area (Å²) in [5.74, 6) is -0.443. The van der Waals surface area contributed by atoms with Gasteiger partial charge in [-0.05, 0) is 47.7 Å². The minimum atomic E-state index is -3.59. The van der Waals surface area contributed by atoms with Crippen molar-refractivity contribution < 1.29 is 18.3 Å². The molecule has 1 aliphatic heterocycles. The Balaban J connectivity index is 2.30. The first-order chi connectivity index (χ1) is 16.2. The minimum absolute atomic E-state index is 0.0102. The van der Waals surface area contributed by atoms with Crippen molar-refractivity contribution in [2.75, 3.05) is 31.9 Å². The highest BCUT2D eigenvalue weighted by atomic mass is 32.2. The molecule has 3 rings (SSSR count). The smallest absolute Gasteiger partial charge is 0.179 e. The quantitative estimate of drug-likeness (QED) is 0.476. The van der Waals surface area contributed by atoms with Gasteiger partial charge in [-0.25, -0.2) is 8.42 Å². The molecule has 0 spiro atoms. The van der Waals surface area contributed by atoms with E-state index in [-0.39, 0.29) is 5.75 Å². The number of aliphatic hydroxyl groups is 1. The van der Waals surface area contributed by atoms with Crippen molar-refractivity contribution in [2.24, 2.45) is 5.41 Å². The van der Waals surface area contributed by atoms with Gasteiger partial charge in [0, 0.05) is 38.2 Å².